The molecule has 1 aromatic carbocycles. The highest BCUT2D eigenvalue weighted by Gasteiger charge is 2.24. The van der Waals surface area contributed by atoms with Gasteiger partial charge in [0.1, 0.15) is 5.69 Å². The van der Waals surface area contributed by atoms with Crippen molar-refractivity contribution >= 4 is 21.6 Å². The van der Waals surface area contributed by atoms with E-state index >= 15 is 0 Å². The monoisotopic (exact) mass is 377 g/mol. The number of nitrogens with one attached hydrogen (secondary N) is 1. The number of rotatable bonds is 7. The van der Waals surface area contributed by atoms with Crippen LogP contribution >= 0.6 is 0 Å². The fourth-order valence-electron chi connectivity index (χ4n) is 2.17. The number of carbonyl (C=O) groups is 1. The quantitative estimate of drug-likeness (QED) is 0.801. The van der Waals surface area contributed by atoms with Gasteiger partial charge >= 0.3 is 0 Å². The summed E-state index contributed by atoms with van der Waals surface area (Å²) >= 11 is 0. The van der Waals surface area contributed by atoms with Crippen molar-refractivity contribution in [3.63, 3.8) is 0 Å². The lowest BCUT2D eigenvalue weighted by molar-refractivity contribution is 0.102. The lowest BCUT2D eigenvalue weighted by atomic mass is 10.2. The molecule has 0 saturated heterocycles. The Bertz CT molecular complexity index is 882. The minimum atomic E-state index is -3.67. The average molecular weight is 377 g/mol. The highest BCUT2D eigenvalue weighted by molar-refractivity contribution is 7.89. The Morgan fingerprint density at radius 1 is 1.27 bits per heavy atom. The zero-order valence-electron chi connectivity index (χ0n) is 15.3. The number of carbonyl (C=O) groups excluding carboxylic acids is 1. The molecule has 0 aliphatic carbocycles. The van der Waals surface area contributed by atoms with Gasteiger partial charge < -0.3 is 10.1 Å². The first-order valence-electron chi connectivity index (χ1n) is 8.24. The molecule has 0 aliphatic heterocycles. The lowest BCUT2D eigenvalue weighted by Gasteiger charge is -2.21. The van der Waals surface area contributed by atoms with Crippen molar-refractivity contribution in [2.45, 2.75) is 31.7 Å². The Kier molecular flexibility index (Phi) is 6.33. The van der Waals surface area contributed by atoms with E-state index in [1.54, 1.807) is 44.3 Å². The summed E-state index contributed by atoms with van der Waals surface area (Å²) in [7, 11) is -2.16. The average Bonchev–Trinajstić information content (AvgIpc) is 2.62. The third-order valence-corrected chi connectivity index (χ3v) is 5.83. The number of hydrogen-bond acceptors (Lipinski definition) is 5. The number of ether oxygens (including phenoxy) is 1. The van der Waals surface area contributed by atoms with Crippen molar-refractivity contribution in [3.8, 4) is 5.88 Å². The van der Waals surface area contributed by atoms with Crippen LogP contribution in [0, 0.1) is 0 Å². The van der Waals surface area contributed by atoms with Gasteiger partial charge in [-0.05, 0) is 51.1 Å². The van der Waals surface area contributed by atoms with Crippen LogP contribution in [0.2, 0.25) is 0 Å². The van der Waals surface area contributed by atoms with E-state index in [9.17, 15) is 13.2 Å². The van der Waals surface area contributed by atoms with Crippen LogP contribution in [-0.2, 0) is 10.0 Å². The predicted molar refractivity (Wildman–Crippen MR) is 99.9 cm³/mol. The minimum absolute atomic E-state index is 0.0672. The molecule has 0 spiro atoms. The summed E-state index contributed by atoms with van der Waals surface area (Å²) in [5.74, 6) is -0.130. The number of amides is 1. The predicted octanol–water partition coefficient (Wildman–Crippen LogP) is 2.76. The van der Waals surface area contributed by atoms with Gasteiger partial charge in [-0.3, -0.25) is 4.79 Å². The van der Waals surface area contributed by atoms with Crippen LogP contribution in [0.4, 0.5) is 5.69 Å². The van der Waals surface area contributed by atoms with Gasteiger partial charge in [0.05, 0.1) is 11.5 Å². The molecule has 1 aromatic heterocycles. The Hall–Kier alpha value is -2.45. The normalized spacial score (nSPS) is 11.6. The Morgan fingerprint density at radius 3 is 2.65 bits per heavy atom. The SMILES string of the molecule is CCOc1ncccc1NC(=O)c1cccc(S(=O)(=O)N(C)C(C)C)c1. The molecule has 0 saturated carbocycles. The molecule has 0 atom stereocenters. The molecule has 0 bridgehead atoms. The third kappa shape index (κ3) is 4.39. The van der Waals surface area contributed by atoms with E-state index in [4.69, 9.17) is 4.74 Å². The van der Waals surface area contributed by atoms with Crippen molar-refractivity contribution in [3.05, 3.63) is 48.2 Å². The summed E-state index contributed by atoms with van der Waals surface area (Å²) < 4.78 is 31.9. The zero-order valence-corrected chi connectivity index (χ0v) is 16.1. The van der Waals surface area contributed by atoms with Crippen LogP contribution in [0.1, 0.15) is 31.1 Å². The number of benzene rings is 1. The van der Waals surface area contributed by atoms with Crippen LogP contribution in [0.15, 0.2) is 47.5 Å². The molecule has 1 N–H and O–H groups in total. The molecule has 26 heavy (non-hydrogen) atoms. The second kappa shape index (κ2) is 8.29. The maximum Gasteiger partial charge on any atom is 0.255 e. The van der Waals surface area contributed by atoms with Crippen molar-refractivity contribution in [2.24, 2.45) is 0 Å². The van der Waals surface area contributed by atoms with E-state index in [1.165, 1.54) is 23.5 Å². The number of pyridine rings is 1. The maximum atomic E-state index is 12.6. The van der Waals surface area contributed by atoms with Gasteiger partial charge in [-0.1, -0.05) is 6.07 Å². The van der Waals surface area contributed by atoms with E-state index in [-0.39, 0.29) is 16.5 Å². The van der Waals surface area contributed by atoms with Gasteiger partial charge in [-0.2, -0.15) is 4.31 Å². The fraction of sp³-hybridized carbons (Fsp3) is 0.333. The molecule has 2 rings (SSSR count). The zero-order chi connectivity index (χ0) is 19.3. The molecular formula is C18H23N3O4S. The molecule has 7 nitrogen and oxygen atoms in total. The Labute approximate surface area is 154 Å². The smallest absolute Gasteiger partial charge is 0.255 e. The van der Waals surface area contributed by atoms with Crippen molar-refractivity contribution in [1.82, 2.24) is 9.29 Å². The summed E-state index contributed by atoms with van der Waals surface area (Å²) in [6.45, 7) is 5.80. The Morgan fingerprint density at radius 2 is 2.00 bits per heavy atom. The molecule has 140 valence electrons. The second-order valence-corrected chi connectivity index (χ2v) is 7.88. The molecule has 0 radical (unpaired) electrons. The van der Waals surface area contributed by atoms with Crippen molar-refractivity contribution in [2.75, 3.05) is 19.0 Å². The highest BCUT2D eigenvalue weighted by atomic mass is 32.2. The first-order chi connectivity index (χ1) is 12.3. The number of anilines is 1. The van der Waals surface area contributed by atoms with E-state index in [0.29, 0.717) is 18.2 Å². The molecule has 1 amide bonds. The standard InChI is InChI=1S/C18H23N3O4S/c1-5-25-18-16(10-7-11-19-18)20-17(22)14-8-6-9-15(12-14)26(23,24)21(4)13(2)3/h6-13H,5H2,1-4H3,(H,20,22). The van der Waals surface area contributed by atoms with Gasteiger partial charge in [0.25, 0.3) is 5.91 Å². The molecular weight excluding hydrogens is 354 g/mol. The molecule has 8 heteroatoms. The van der Waals surface area contributed by atoms with Crippen LogP contribution in [-0.4, -0.2) is 43.3 Å². The molecule has 2 aromatic rings. The molecule has 0 unspecified atom stereocenters. The number of sulfonamides is 1. The van der Waals surface area contributed by atoms with Gasteiger partial charge in [0.2, 0.25) is 15.9 Å². The highest BCUT2D eigenvalue weighted by Crippen LogP contribution is 2.22. The number of hydrogen-bond donors (Lipinski definition) is 1. The third-order valence-electron chi connectivity index (χ3n) is 3.80. The fourth-order valence-corrected chi connectivity index (χ4v) is 3.59. The molecule has 1 heterocycles. The topological polar surface area (TPSA) is 88.6 Å². The maximum absolute atomic E-state index is 12.6. The van der Waals surface area contributed by atoms with E-state index in [1.807, 2.05) is 6.92 Å². The van der Waals surface area contributed by atoms with Crippen molar-refractivity contribution in [1.29, 1.82) is 0 Å². The van der Waals surface area contributed by atoms with Gasteiger partial charge in [-0.15, -0.1) is 0 Å². The van der Waals surface area contributed by atoms with E-state index in [0.717, 1.165) is 0 Å². The molecule has 0 aliphatic rings. The van der Waals surface area contributed by atoms with Crippen LogP contribution < -0.4 is 10.1 Å². The Balaban J connectivity index is 2.29. The van der Waals surface area contributed by atoms with Crippen LogP contribution in [0.3, 0.4) is 0 Å². The first kappa shape index (κ1) is 19.9. The van der Waals surface area contributed by atoms with Gasteiger partial charge in [0, 0.05) is 24.8 Å². The lowest BCUT2D eigenvalue weighted by Crippen LogP contribution is -2.33. The summed E-state index contributed by atoms with van der Waals surface area (Å²) in [4.78, 5) is 16.7. The second-order valence-electron chi connectivity index (χ2n) is 5.89. The number of aromatic nitrogens is 1. The summed E-state index contributed by atoms with van der Waals surface area (Å²) in [6.07, 6.45) is 1.57. The first-order valence-corrected chi connectivity index (χ1v) is 9.68. The van der Waals surface area contributed by atoms with Crippen LogP contribution in [0.25, 0.3) is 0 Å². The summed E-state index contributed by atoms with van der Waals surface area (Å²) in [5, 5.41) is 2.71. The van der Waals surface area contributed by atoms with Crippen molar-refractivity contribution < 1.29 is 17.9 Å². The largest absolute Gasteiger partial charge is 0.476 e. The summed E-state index contributed by atoms with van der Waals surface area (Å²) in [6, 6.07) is 9.09. The van der Waals surface area contributed by atoms with Gasteiger partial charge in [-0.25, -0.2) is 13.4 Å². The van der Waals surface area contributed by atoms with Gasteiger partial charge in [0.15, 0.2) is 0 Å². The van der Waals surface area contributed by atoms with E-state index in [2.05, 4.69) is 10.3 Å². The van der Waals surface area contributed by atoms with Crippen LogP contribution in [0.5, 0.6) is 5.88 Å². The number of nitrogens with zero attached hydrogens (tertiary/aromatic N) is 2. The van der Waals surface area contributed by atoms with E-state index < -0.39 is 15.9 Å². The minimum Gasteiger partial charge on any atom is -0.476 e. The summed E-state index contributed by atoms with van der Waals surface area (Å²) in [5.41, 5.74) is 0.654. The molecule has 0 fully saturated rings.